The van der Waals surface area contributed by atoms with Gasteiger partial charge < -0.3 is 10.0 Å². The van der Waals surface area contributed by atoms with E-state index in [2.05, 4.69) is 11.8 Å². The van der Waals surface area contributed by atoms with Gasteiger partial charge in [0, 0.05) is 31.7 Å². The largest absolute Gasteiger partial charge is 0.508 e. The zero-order valence-corrected chi connectivity index (χ0v) is 12.2. The molecule has 1 aromatic rings. The summed E-state index contributed by atoms with van der Waals surface area (Å²) >= 11 is 0. The van der Waals surface area contributed by atoms with Gasteiger partial charge in [-0.25, -0.2) is 0 Å². The lowest BCUT2D eigenvalue weighted by molar-refractivity contribution is -0.385. The molecule has 1 saturated heterocycles. The molecule has 1 atom stereocenters. The number of carbonyl (C=O) groups is 1. The van der Waals surface area contributed by atoms with E-state index in [4.69, 9.17) is 0 Å². The van der Waals surface area contributed by atoms with E-state index in [0.29, 0.717) is 13.1 Å². The van der Waals surface area contributed by atoms with Crippen LogP contribution in [0.25, 0.3) is 0 Å². The molecule has 7 nitrogen and oxygen atoms in total. The van der Waals surface area contributed by atoms with Gasteiger partial charge >= 0.3 is 0 Å². The van der Waals surface area contributed by atoms with Gasteiger partial charge in [-0.15, -0.1) is 0 Å². The highest BCUT2D eigenvalue weighted by Gasteiger charge is 2.30. The Kier molecular flexibility index (Phi) is 4.42. The van der Waals surface area contributed by atoms with Crippen molar-refractivity contribution in [3.05, 3.63) is 33.9 Å². The van der Waals surface area contributed by atoms with E-state index >= 15 is 0 Å². The monoisotopic (exact) mass is 293 g/mol. The topological polar surface area (TPSA) is 86.9 Å². The van der Waals surface area contributed by atoms with E-state index in [9.17, 15) is 20.0 Å². The number of nitro groups is 1. The smallest absolute Gasteiger partial charge is 0.282 e. The zero-order chi connectivity index (χ0) is 15.6. The van der Waals surface area contributed by atoms with Gasteiger partial charge in [-0.1, -0.05) is 6.92 Å². The molecule has 2 rings (SSSR count). The van der Waals surface area contributed by atoms with Crippen molar-refractivity contribution in [1.29, 1.82) is 0 Å². The number of amides is 1. The van der Waals surface area contributed by atoms with Gasteiger partial charge in [0.25, 0.3) is 11.6 Å². The van der Waals surface area contributed by atoms with Crippen LogP contribution in [0.3, 0.4) is 0 Å². The number of hydrogen-bond donors (Lipinski definition) is 1. The van der Waals surface area contributed by atoms with Crippen molar-refractivity contribution in [1.82, 2.24) is 9.80 Å². The summed E-state index contributed by atoms with van der Waals surface area (Å²) in [6.45, 7) is 6.81. The van der Waals surface area contributed by atoms with Gasteiger partial charge in [0.05, 0.1) is 4.92 Å². The molecule has 114 valence electrons. The van der Waals surface area contributed by atoms with E-state index in [1.165, 1.54) is 6.07 Å². The second-order valence-electron chi connectivity index (χ2n) is 5.19. The Bertz CT molecular complexity index is 561. The Balaban J connectivity index is 2.25. The number of nitro benzene ring substituents is 1. The first-order valence-corrected chi connectivity index (χ1v) is 6.94. The van der Waals surface area contributed by atoms with Gasteiger partial charge in [0.2, 0.25) is 0 Å². The normalized spacial score (nSPS) is 19.5. The lowest BCUT2D eigenvalue weighted by Crippen LogP contribution is -2.53. The van der Waals surface area contributed by atoms with Gasteiger partial charge in [-0.3, -0.25) is 19.8 Å². The Morgan fingerprint density at radius 3 is 2.76 bits per heavy atom. The van der Waals surface area contributed by atoms with Crippen LogP contribution >= 0.6 is 0 Å². The Labute approximate surface area is 122 Å². The summed E-state index contributed by atoms with van der Waals surface area (Å²) in [6, 6.07) is 3.75. The average Bonchev–Trinajstić information content (AvgIpc) is 2.45. The van der Waals surface area contributed by atoms with Gasteiger partial charge in [0.1, 0.15) is 11.3 Å². The van der Waals surface area contributed by atoms with Crippen LogP contribution in [0.15, 0.2) is 18.2 Å². The molecule has 0 radical (unpaired) electrons. The molecule has 0 spiro atoms. The third-order valence-corrected chi connectivity index (χ3v) is 3.87. The number of carbonyl (C=O) groups excluding carboxylic acids is 1. The first-order valence-electron chi connectivity index (χ1n) is 6.94. The maximum Gasteiger partial charge on any atom is 0.282 e. The number of rotatable bonds is 3. The molecular weight excluding hydrogens is 274 g/mol. The number of nitrogens with zero attached hydrogens (tertiary/aromatic N) is 3. The molecule has 1 heterocycles. The predicted molar refractivity (Wildman–Crippen MR) is 77.4 cm³/mol. The molecule has 1 amide bonds. The van der Waals surface area contributed by atoms with E-state index in [1.807, 2.05) is 6.92 Å². The van der Waals surface area contributed by atoms with Crippen LogP contribution in [0.5, 0.6) is 5.75 Å². The van der Waals surface area contributed by atoms with Crippen molar-refractivity contribution in [2.75, 3.05) is 26.2 Å². The van der Waals surface area contributed by atoms with Crippen molar-refractivity contribution >= 4 is 11.6 Å². The van der Waals surface area contributed by atoms with Crippen LogP contribution in [0, 0.1) is 10.1 Å². The molecule has 1 aliphatic heterocycles. The fourth-order valence-corrected chi connectivity index (χ4v) is 2.67. The van der Waals surface area contributed by atoms with Crippen LogP contribution < -0.4 is 0 Å². The first-order chi connectivity index (χ1) is 9.93. The van der Waals surface area contributed by atoms with Crippen molar-refractivity contribution in [3.8, 4) is 5.75 Å². The molecule has 1 unspecified atom stereocenters. The quantitative estimate of drug-likeness (QED) is 0.673. The van der Waals surface area contributed by atoms with Crippen LogP contribution in [0.1, 0.15) is 24.2 Å². The molecule has 1 aliphatic rings. The molecule has 0 aromatic heterocycles. The zero-order valence-electron chi connectivity index (χ0n) is 12.2. The molecular formula is C14H19N3O4. The third-order valence-electron chi connectivity index (χ3n) is 3.87. The number of aromatic hydroxyl groups is 1. The van der Waals surface area contributed by atoms with Crippen molar-refractivity contribution in [2.45, 2.75) is 19.9 Å². The molecule has 1 aromatic carbocycles. The summed E-state index contributed by atoms with van der Waals surface area (Å²) in [4.78, 5) is 26.8. The number of piperazine rings is 1. The van der Waals surface area contributed by atoms with E-state index in [1.54, 1.807) is 4.90 Å². The van der Waals surface area contributed by atoms with E-state index < -0.39 is 10.8 Å². The highest BCUT2D eigenvalue weighted by molar-refractivity contribution is 5.98. The fourth-order valence-electron chi connectivity index (χ4n) is 2.67. The van der Waals surface area contributed by atoms with Crippen molar-refractivity contribution in [3.63, 3.8) is 0 Å². The second kappa shape index (κ2) is 6.09. The van der Waals surface area contributed by atoms with E-state index in [-0.39, 0.29) is 23.0 Å². The number of likely N-dealkylation sites (N-methyl/N-ethyl adjacent to an activating group) is 1. The van der Waals surface area contributed by atoms with Crippen LogP contribution in [-0.2, 0) is 0 Å². The molecule has 1 N–H and O–H groups in total. The minimum absolute atomic E-state index is 0.0582. The summed E-state index contributed by atoms with van der Waals surface area (Å²) in [5, 5.41) is 20.5. The van der Waals surface area contributed by atoms with Crippen LogP contribution in [0.4, 0.5) is 5.69 Å². The summed E-state index contributed by atoms with van der Waals surface area (Å²) in [5.41, 5.74) is -0.333. The summed E-state index contributed by atoms with van der Waals surface area (Å²) < 4.78 is 0. The van der Waals surface area contributed by atoms with Crippen molar-refractivity contribution < 1.29 is 14.8 Å². The molecule has 7 heteroatoms. The Morgan fingerprint density at radius 2 is 2.19 bits per heavy atom. The minimum atomic E-state index is -0.599. The maximum absolute atomic E-state index is 12.5. The number of phenols is 1. The molecule has 21 heavy (non-hydrogen) atoms. The highest BCUT2D eigenvalue weighted by atomic mass is 16.6. The molecule has 0 bridgehead atoms. The first kappa shape index (κ1) is 15.2. The highest BCUT2D eigenvalue weighted by Crippen LogP contribution is 2.25. The molecule has 1 fully saturated rings. The molecule has 0 aliphatic carbocycles. The van der Waals surface area contributed by atoms with Crippen LogP contribution in [-0.4, -0.2) is 58.0 Å². The third kappa shape index (κ3) is 3.13. The lowest BCUT2D eigenvalue weighted by atomic mass is 10.1. The van der Waals surface area contributed by atoms with Crippen molar-refractivity contribution in [2.24, 2.45) is 0 Å². The lowest BCUT2D eigenvalue weighted by Gasteiger charge is -2.39. The summed E-state index contributed by atoms with van der Waals surface area (Å²) in [5.74, 6) is -0.551. The van der Waals surface area contributed by atoms with E-state index in [0.717, 1.165) is 25.2 Å². The Hall–Kier alpha value is -2.15. The molecule has 0 saturated carbocycles. The number of phenolic OH excluding ortho intramolecular Hbond substituents is 1. The minimum Gasteiger partial charge on any atom is -0.508 e. The van der Waals surface area contributed by atoms with Gasteiger partial charge in [0.15, 0.2) is 0 Å². The van der Waals surface area contributed by atoms with Gasteiger partial charge in [-0.2, -0.15) is 0 Å². The average molecular weight is 293 g/mol. The van der Waals surface area contributed by atoms with Crippen LogP contribution in [0.2, 0.25) is 0 Å². The second-order valence-corrected chi connectivity index (χ2v) is 5.19. The standard InChI is InChI=1S/C14H19N3O4/c1-3-15-6-7-16(9-10(15)2)14(19)12-8-11(18)4-5-13(12)17(20)21/h4-5,8,10,18H,3,6-7,9H2,1-2H3. The van der Waals surface area contributed by atoms with Gasteiger partial charge in [-0.05, 0) is 25.6 Å². The maximum atomic E-state index is 12.5. The summed E-state index contributed by atoms with van der Waals surface area (Å²) in [7, 11) is 0. The number of benzene rings is 1. The predicted octanol–water partition coefficient (Wildman–Crippen LogP) is 1.47. The summed E-state index contributed by atoms with van der Waals surface area (Å²) in [6.07, 6.45) is 0. The Morgan fingerprint density at radius 1 is 1.48 bits per heavy atom. The fraction of sp³-hybridized carbons (Fsp3) is 0.500. The number of hydrogen-bond acceptors (Lipinski definition) is 5. The SMILES string of the molecule is CCN1CCN(C(=O)c2cc(O)ccc2[N+](=O)[O-])CC1C.